The van der Waals surface area contributed by atoms with E-state index in [0.29, 0.717) is 52.4 Å². The van der Waals surface area contributed by atoms with Crippen LogP contribution in [-0.4, -0.2) is 63.2 Å². The Bertz CT molecular complexity index is 1370. The molecule has 1 aliphatic heterocycles. The second-order valence-electron chi connectivity index (χ2n) is 10.8. The molecule has 2 aromatic carbocycles. The van der Waals surface area contributed by atoms with E-state index < -0.39 is 16.1 Å². The van der Waals surface area contributed by atoms with Crippen molar-refractivity contribution >= 4 is 50.7 Å². The Morgan fingerprint density at radius 1 is 1.02 bits per heavy atom. The van der Waals surface area contributed by atoms with Gasteiger partial charge in [-0.05, 0) is 55.5 Å². The summed E-state index contributed by atoms with van der Waals surface area (Å²) < 4.78 is 37.9. The lowest BCUT2D eigenvalue weighted by molar-refractivity contribution is -0.141. The number of sulfonamides is 1. The molecule has 0 saturated heterocycles. The van der Waals surface area contributed by atoms with E-state index in [0.717, 1.165) is 31.9 Å². The molecule has 0 bridgehead atoms. The van der Waals surface area contributed by atoms with E-state index in [1.807, 2.05) is 6.92 Å². The summed E-state index contributed by atoms with van der Waals surface area (Å²) in [6, 6.07) is 9.45. The SMILES string of the molecule is CC[C@H](C(=O)NC1CCCCC1)N(Cc1ccc(Cl)cc1Cl)C(=O)CCCN(c1ccc2c(c1)OCCO2)S(C)(=O)=O. The van der Waals surface area contributed by atoms with Crippen LogP contribution in [0.3, 0.4) is 0 Å². The van der Waals surface area contributed by atoms with Crippen molar-refractivity contribution < 1.29 is 27.5 Å². The smallest absolute Gasteiger partial charge is 0.243 e. The second kappa shape index (κ2) is 14.7. The summed E-state index contributed by atoms with van der Waals surface area (Å²) in [7, 11) is -3.65. The van der Waals surface area contributed by atoms with E-state index >= 15 is 0 Å². The topological polar surface area (TPSA) is 105 Å². The van der Waals surface area contributed by atoms with Gasteiger partial charge in [-0.1, -0.05) is 55.5 Å². The zero-order valence-corrected chi connectivity index (χ0v) is 26.4. The van der Waals surface area contributed by atoms with Crippen molar-refractivity contribution in [2.24, 2.45) is 0 Å². The zero-order valence-electron chi connectivity index (χ0n) is 24.1. The van der Waals surface area contributed by atoms with Gasteiger partial charge in [0.1, 0.15) is 19.3 Å². The van der Waals surface area contributed by atoms with E-state index in [-0.39, 0.29) is 43.8 Å². The van der Waals surface area contributed by atoms with Gasteiger partial charge in [0.15, 0.2) is 11.5 Å². The minimum absolute atomic E-state index is 0.0367. The van der Waals surface area contributed by atoms with E-state index in [4.69, 9.17) is 32.7 Å². The Balaban J connectivity index is 1.50. The Morgan fingerprint density at radius 3 is 2.40 bits per heavy atom. The van der Waals surface area contributed by atoms with Crippen LogP contribution in [0.15, 0.2) is 36.4 Å². The molecule has 42 heavy (non-hydrogen) atoms. The number of hydrogen-bond acceptors (Lipinski definition) is 6. The fraction of sp³-hybridized carbons (Fsp3) is 0.533. The third-order valence-corrected chi connectivity index (χ3v) is 9.44. The fourth-order valence-electron chi connectivity index (χ4n) is 5.49. The van der Waals surface area contributed by atoms with Gasteiger partial charge >= 0.3 is 0 Å². The molecule has 1 aliphatic carbocycles. The highest BCUT2D eigenvalue weighted by Crippen LogP contribution is 2.35. The maximum absolute atomic E-state index is 13.8. The Labute approximate surface area is 258 Å². The van der Waals surface area contributed by atoms with Gasteiger partial charge in [-0.15, -0.1) is 0 Å². The minimum Gasteiger partial charge on any atom is -0.486 e. The molecule has 12 heteroatoms. The molecular formula is C30H39Cl2N3O6S. The van der Waals surface area contributed by atoms with Crippen LogP contribution in [0.1, 0.15) is 63.9 Å². The van der Waals surface area contributed by atoms with Crippen LogP contribution in [0.5, 0.6) is 11.5 Å². The van der Waals surface area contributed by atoms with Crippen LogP contribution in [-0.2, 0) is 26.2 Å². The number of nitrogens with zero attached hydrogens (tertiary/aromatic N) is 2. The largest absolute Gasteiger partial charge is 0.486 e. The van der Waals surface area contributed by atoms with Crippen LogP contribution >= 0.6 is 23.2 Å². The summed E-state index contributed by atoms with van der Waals surface area (Å²) in [4.78, 5) is 28.8. The predicted molar refractivity (Wildman–Crippen MR) is 165 cm³/mol. The third-order valence-electron chi connectivity index (χ3n) is 7.66. The number of halogens is 2. The van der Waals surface area contributed by atoms with Crippen molar-refractivity contribution in [3.8, 4) is 11.5 Å². The summed E-state index contributed by atoms with van der Waals surface area (Å²) in [6.07, 6.45) is 7.00. The van der Waals surface area contributed by atoms with Crippen molar-refractivity contribution in [1.29, 1.82) is 0 Å². The lowest BCUT2D eigenvalue weighted by Crippen LogP contribution is -2.51. The zero-order chi connectivity index (χ0) is 30.3. The van der Waals surface area contributed by atoms with Gasteiger partial charge in [0, 0.05) is 41.7 Å². The maximum atomic E-state index is 13.8. The van der Waals surface area contributed by atoms with Crippen molar-refractivity contribution in [3.05, 3.63) is 52.0 Å². The molecule has 1 N–H and O–H groups in total. The van der Waals surface area contributed by atoms with Gasteiger partial charge < -0.3 is 19.7 Å². The number of amides is 2. The number of nitrogens with one attached hydrogen (secondary N) is 1. The Kier molecular flexibility index (Phi) is 11.3. The number of fused-ring (bicyclic) bond motifs is 1. The quantitative estimate of drug-likeness (QED) is 0.326. The molecule has 0 spiro atoms. The van der Waals surface area contributed by atoms with Gasteiger partial charge in [0.25, 0.3) is 0 Å². The first-order valence-electron chi connectivity index (χ1n) is 14.5. The first-order valence-corrected chi connectivity index (χ1v) is 17.1. The van der Waals surface area contributed by atoms with Crippen LogP contribution in [0.4, 0.5) is 5.69 Å². The lowest BCUT2D eigenvalue weighted by atomic mass is 9.95. The first-order chi connectivity index (χ1) is 20.1. The Morgan fingerprint density at radius 2 is 1.74 bits per heavy atom. The maximum Gasteiger partial charge on any atom is 0.243 e. The molecule has 1 atom stereocenters. The van der Waals surface area contributed by atoms with Crippen LogP contribution in [0.2, 0.25) is 10.0 Å². The standard InChI is InChI=1S/C30H39Cl2N3O6S/c1-3-26(30(37)33-23-8-5-4-6-9-23)34(20-21-11-12-22(31)18-25(21)32)29(36)10-7-15-35(42(2,38)39)24-13-14-27-28(19-24)41-17-16-40-27/h11-14,18-19,23,26H,3-10,15-17,20H2,1-2H3,(H,33,37)/t26-/m1/s1. The molecule has 0 aromatic heterocycles. The van der Waals surface area contributed by atoms with Gasteiger partial charge in [0.05, 0.1) is 11.9 Å². The van der Waals surface area contributed by atoms with Gasteiger partial charge in [0.2, 0.25) is 21.8 Å². The molecule has 1 saturated carbocycles. The first kappa shape index (κ1) is 32.2. The monoisotopic (exact) mass is 639 g/mol. The number of carbonyl (C=O) groups is 2. The van der Waals surface area contributed by atoms with Gasteiger partial charge in [-0.2, -0.15) is 0 Å². The number of anilines is 1. The highest BCUT2D eigenvalue weighted by atomic mass is 35.5. The summed E-state index contributed by atoms with van der Waals surface area (Å²) in [5.41, 5.74) is 1.10. The molecule has 1 heterocycles. The van der Waals surface area contributed by atoms with E-state index in [1.165, 1.54) is 10.7 Å². The van der Waals surface area contributed by atoms with Crippen LogP contribution in [0.25, 0.3) is 0 Å². The molecule has 2 amide bonds. The number of rotatable bonds is 12. The highest BCUT2D eigenvalue weighted by Gasteiger charge is 2.31. The molecule has 2 aliphatic rings. The summed E-state index contributed by atoms with van der Waals surface area (Å²) in [5.74, 6) is 0.589. The van der Waals surface area contributed by atoms with Crippen molar-refractivity contribution in [1.82, 2.24) is 10.2 Å². The van der Waals surface area contributed by atoms with Crippen molar-refractivity contribution in [3.63, 3.8) is 0 Å². The number of benzene rings is 2. The van der Waals surface area contributed by atoms with Crippen molar-refractivity contribution in [2.45, 2.75) is 76.9 Å². The highest BCUT2D eigenvalue weighted by molar-refractivity contribution is 7.92. The molecular weight excluding hydrogens is 601 g/mol. The van der Waals surface area contributed by atoms with Crippen molar-refractivity contribution in [2.75, 3.05) is 30.3 Å². The molecule has 9 nitrogen and oxygen atoms in total. The third kappa shape index (κ3) is 8.45. The average Bonchev–Trinajstić information content (AvgIpc) is 2.96. The van der Waals surface area contributed by atoms with E-state index in [2.05, 4.69) is 5.32 Å². The number of carbonyl (C=O) groups excluding carboxylic acids is 2. The molecule has 230 valence electrons. The van der Waals surface area contributed by atoms with Crippen LogP contribution < -0.4 is 19.1 Å². The molecule has 2 aromatic rings. The predicted octanol–water partition coefficient (Wildman–Crippen LogP) is 5.57. The summed E-state index contributed by atoms with van der Waals surface area (Å²) in [6.45, 7) is 2.89. The summed E-state index contributed by atoms with van der Waals surface area (Å²) in [5, 5.41) is 4.04. The normalized spacial score (nSPS) is 16.0. The molecule has 0 radical (unpaired) electrons. The van der Waals surface area contributed by atoms with E-state index in [9.17, 15) is 18.0 Å². The fourth-order valence-corrected chi connectivity index (χ4v) is 6.91. The lowest BCUT2D eigenvalue weighted by Gasteiger charge is -2.33. The van der Waals surface area contributed by atoms with E-state index in [1.54, 1.807) is 41.3 Å². The van der Waals surface area contributed by atoms with Gasteiger partial charge in [-0.25, -0.2) is 8.42 Å². The molecule has 4 rings (SSSR count). The summed E-state index contributed by atoms with van der Waals surface area (Å²) >= 11 is 12.6. The minimum atomic E-state index is -3.65. The Hall–Kier alpha value is -2.69. The molecule has 0 unspecified atom stereocenters. The molecule has 1 fully saturated rings. The number of hydrogen-bond donors (Lipinski definition) is 1. The van der Waals surface area contributed by atoms with Gasteiger partial charge in [-0.3, -0.25) is 13.9 Å². The number of ether oxygens (including phenoxy) is 2. The average molecular weight is 641 g/mol. The van der Waals surface area contributed by atoms with Crippen LogP contribution in [0, 0.1) is 0 Å². The second-order valence-corrected chi connectivity index (χ2v) is 13.5.